The molecule has 2 amide bonds. The molecule has 0 aliphatic heterocycles. The van der Waals surface area contributed by atoms with Gasteiger partial charge in [-0.25, -0.2) is 18.5 Å². The summed E-state index contributed by atoms with van der Waals surface area (Å²) >= 11 is 0. The number of rotatable bonds is 6. The predicted molar refractivity (Wildman–Crippen MR) is 108 cm³/mol. The van der Waals surface area contributed by atoms with E-state index in [1.54, 1.807) is 10.9 Å². The summed E-state index contributed by atoms with van der Waals surface area (Å²) in [4.78, 5) is 12.8. The Balaban J connectivity index is 1.51. The van der Waals surface area contributed by atoms with E-state index in [2.05, 4.69) is 26.5 Å². The molecule has 4 N–H and O–H groups in total. The van der Waals surface area contributed by atoms with Crippen LogP contribution < -0.4 is 15.4 Å². The van der Waals surface area contributed by atoms with Crippen LogP contribution in [0.15, 0.2) is 23.4 Å². The first-order chi connectivity index (χ1) is 13.5. The lowest BCUT2D eigenvalue weighted by Crippen LogP contribution is -2.34. The molecular formula is C19H26N6O2S. The number of benzene rings is 1. The summed E-state index contributed by atoms with van der Waals surface area (Å²) in [5, 5.41) is 10.0. The van der Waals surface area contributed by atoms with Crippen LogP contribution in [0.5, 0.6) is 0 Å². The molecule has 2 aromatic rings. The number of hydrogen-bond acceptors (Lipinski definition) is 5. The Hall–Kier alpha value is -2.39. The monoisotopic (exact) mass is 402 g/mol. The van der Waals surface area contributed by atoms with Gasteiger partial charge in [0.2, 0.25) is 0 Å². The number of nitrogens with zero attached hydrogens (tertiary/aromatic N) is 2. The number of anilines is 1. The van der Waals surface area contributed by atoms with Gasteiger partial charge in [-0.3, -0.25) is 4.68 Å². The van der Waals surface area contributed by atoms with Crippen LogP contribution in [-0.4, -0.2) is 33.6 Å². The molecule has 0 bridgehead atoms. The topological polar surface area (TPSA) is 112 Å². The zero-order valence-electron chi connectivity index (χ0n) is 16.0. The molecule has 28 heavy (non-hydrogen) atoms. The molecule has 2 aliphatic rings. The quantitative estimate of drug-likeness (QED) is 0.593. The van der Waals surface area contributed by atoms with Crippen LogP contribution in [0.2, 0.25) is 0 Å². The van der Waals surface area contributed by atoms with Gasteiger partial charge in [-0.05, 0) is 67.8 Å². The normalized spacial score (nSPS) is 17.0. The fraction of sp³-hybridized carbons (Fsp3) is 0.474. The Morgan fingerprint density at radius 1 is 1.21 bits per heavy atom. The standard InChI is InChI=1S/C19H26N6O2S/c1-21-8-9-25-12-15(11-22-25)28(20,27)24-19(26)23-18-16-6-2-4-13(16)10-14-5-3-7-17(14)18/h10-12,21H,2-9H2,1H3,(H3,20,23,24,26,27). The second-order valence-corrected chi connectivity index (χ2v) is 9.18. The average molecular weight is 403 g/mol. The van der Waals surface area contributed by atoms with Crippen molar-refractivity contribution in [1.29, 1.82) is 4.78 Å². The van der Waals surface area contributed by atoms with Crippen molar-refractivity contribution in [2.24, 2.45) is 0 Å². The van der Waals surface area contributed by atoms with Gasteiger partial charge in [-0.1, -0.05) is 6.07 Å². The van der Waals surface area contributed by atoms with Crippen molar-refractivity contribution in [3.8, 4) is 0 Å². The summed E-state index contributed by atoms with van der Waals surface area (Å²) in [6.07, 6.45) is 9.10. The van der Waals surface area contributed by atoms with Crippen LogP contribution in [0.4, 0.5) is 10.5 Å². The molecule has 1 aromatic heterocycles. The maximum Gasteiger partial charge on any atom is 0.331 e. The molecule has 4 rings (SSSR count). The van der Waals surface area contributed by atoms with E-state index in [0.717, 1.165) is 44.2 Å². The number of hydrogen-bond donors (Lipinski definition) is 4. The second-order valence-electron chi connectivity index (χ2n) is 7.39. The third kappa shape index (κ3) is 3.64. The third-order valence-corrected chi connectivity index (χ3v) is 6.83. The maximum absolute atomic E-state index is 12.8. The first-order valence-electron chi connectivity index (χ1n) is 9.69. The zero-order valence-corrected chi connectivity index (χ0v) is 16.8. The van der Waals surface area contributed by atoms with Gasteiger partial charge in [0.1, 0.15) is 4.90 Å². The lowest BCUT2D eigenvalue weighted by Gasteiger charge is -2.17. The summed E-state index contributed by atoms with van der Waals surface area (Å²) in [5.74, 6) is 0. The Kier molecular flexibility index (Phi) is 5.11. The van der Waals surface area contributed by atoms with Crippen molar-refractivity contribution in [3.63, 3.8) is 0 Å². The summed E-state index contributed by atoms with van der Waals surface area (Å²) < 4.78 is 24.9. The van der Waals surface area contributed by atoms with Gasteiger partial charge in [0.05, 0.1) is 12.7 Å². The van der Waals surface area contributed by atoms with E-state index in [1.165, 1.54) is 28.5 Å². The van der Waals surface area contributed by atoms with E-state index >= 15 is 0 Å². The lowest BCUT2D eigenvalue weighted by molar-refractivity contribution is 0.256. The zero-order chi connectivity index (χ0) is 19.7. The van der Waals surface area contributed by atoms with Gasteiger partial charge in [0.15, 0.2) is 9.92 Å². The number of fused-ring (bicyclic) bond motifs is 2. The van der Waals surface area contributed by atoms with E-state index in [4.69, 9.17) is 4.78 Å². The predicted octanol–water partition coefficient (Wildman–Crippen LogP) is 2.22. The third-order valence-electron chi connectivity index (χ3n) is 5.48. The molecule has 8 nitrogen and oxygen atoms in total. The highest BCUT2D eigenvalue weighted by atomic mass is 32.2. The summed E-state index contributed by atoms with van der Waals surface area (Å²) in [6.45, 7) is 1.30. The smallest absolute Gasteiger partial charge is 0.318 e. The fourth-order valence-corrected chi connectivity index (χ4v) is 5.03. The highest BCUT2D eigenvalue weighted by Gasteiger charge is 2.26. The minimum Gasteiger partial charge on any atom is -0.318 e. The van der Waals surface area contributed by atoms with Gasteiger partial charge in [0.25, 0.3) is 0 Å². The Labute approximate surface area is 165 Å². The van der Waals surface area contributed by atoms with Gasteiger partial charge in [0, 0.05) is 18.4 Å². The molecule has 9 heteroatoms. The molecule has 0 fully saturated rings. The van der Waals surface area contributed by atoms with Crippen LogP contribution in [-0.2, 0) is 42.1 Å². The number of aryl methyl sites for hydroxylation is 2. The Bertz CT molecular complexity index is 979. The number of nitrogens with one attached hydrogen (secondary N) is 4. The average Bonchev–Trinajstić information content (AvgIpc) is 3.39. The van der Waals surface area contributed by atoms with Crippen molar-refractivity contribution >= 4 is 21.6 Å². The van der Waals surface area contributed by atoms with Crippen LogP contribution in [0.3, 0.4) is 0 Å². The number of aromatic nitrogens is 2. The molecule has 1 atom stereocenters. The number of amides is 2. The summed E-state index contributed by atoms with van der Waals surface area (Å²) in [6, 6.07) is 1.69. The molecule has 0 radical (unpaired) electrons. The van der Waals surface area contributed by atoms with Crippen molar-refractivity contribution in [2.75, 3.05) is 18.9 Å². The van der Waals surface area contributed by atoms with Crippen molar-refractivity contribution in [2.45, 2.75) is 50.0 Å². The highest BCUT2D eigenvalue weighted by Crippen LogP contribution is 2.38. The lowest BCUT2D eigenvalue weighted by atomic mass is 9.99. The molecule has 1 unspecified atom stereocenters. The molecule has 1 aromatic carbocycles. The van der Waals surface area contributed by atoms with Crippen LogP contribution in [0.1, 0.15) is 35.1 Å². The highest BCUT2D eigenvalue weighted by molar-refractivity contribution is 7.91. The van der Waals surface area contributed by atoms with Gasteiger partial charge in [-0.2, -0.15) is 5.10 Å². The molecule has 150 valence electrons. The first-order valence-corrected chi connectivity index (χ1v) is 11.2. The first kappa shape index (κ1) is 18.9. The molecular weight excluding hydrogens is 376 g/mol. The van der Waals surface area contributed by atoms with Crippen molar-refractivity contribution in [1.82, 2.24) is 19.8 Å². The van der Waals surface area contributed by atoms with Gasteiger partial charge in [-0.15, -0.1) is 0 Å². The number of carbonyl (C=O) groups excluding carboxylic acids is 1. The fourth-order valence-electron chi connectivity index (χ4n) is 4.14. The molecule has 0 saturated heterocycles. The van der Waals surface area contributed by atoms with Crippen molar-refractivity contribution < 1.29 is 9.00 Å². The maximum atomic E-state index is 12.8. The number of carbonyl (C=O) groups is 1. The minimum atomic E-state index is -3.48. The molecule has 0 saturated carbocycles. The van der Waals surface area contributed by atoms with E-state index in [1.807, 2.05) is 7.05 Å². The minimum absolute atomic E-state index is 0.197. The van der Waals surface area contributed by atoms with E-state index in [0.29, 0.717) is 13.1 Å². The Morgan fingerprint density at radius 3 is 2.54 bits per heavy atom. The molecule has 1 heterocycles. The van der Waals surface area contributed by atoms with Crippen LogP contribution >= 0.6 is 0 Å². The van der Waals surface area contributed by atoms with Gasteiger partial charge >= 0.3 is 6.03 Å². The van der Waals surface area contributed by atoms with Crippen molar-refractivity contribution in [3.05, 3.63) is 40.7 Å². The van der Waals surface area contributed by atoms with Crippen LogP contribution in [0, 0.1) is 4.78 Å². The van der Waals surface area contributed by atoms with E-state index < -0.39 is 15.9 Å². The molecule has 0 spiro atoms. The summed E-state index contributed by atoms with van der Waals surface area (Å²) in [7, 11) is -1.64. The number of likely N-dealkylation sites (N-methyl/N-ethyl adjacent to an activating group) is 1. The summed E-state index contributed by atoms with van der Waals surface area (Å²) in [5.41, 5.74) is 5.90. The Morgan fingerprint density at radius 2 is 1.89 bits per heavy atom. The van der Waals surface area contributed by atoms with E-state index in [-0.39, 0.29) is 4.90 Å². The largest absolute Gasteiger partial charge is 0.331 e. The molecule has 2 aliphatic carbocycles. The second kappa shape index (κ2) is 7.56. The van der Waals surface area contributed by atoms with Crippen LogP contribution in [0.25, 0.3) is 0 Å². The SMILES string of the molecule is CNCCn1cc(S(=N)(=O)NC(=O)Nc2c3c(cc4c2CCC4)CCC3)cn1. The van der Waals surface area contributed by atoms with E-state index in [9.17, 15) is 9.00 Å². The van der Waals surface area contributed by atoms with Gasteiger partial charge < -0.3 is 10.6 Å². The number of urea groups is 1.